The molecule has 2 aromatic rings. The highest BCUT2D eigenvalue weighted by atomic mass is 31.1. The Morgan fingerprint density at radius 1 is 1.31 bits per heavy atom. The second kappa shape index (κ2) is 3.08. The molecule has 0 radical (unpaired) electrons. The molecule has 2 aromatic heterocycles. The van der Waals surface area contributed by atoms with Crippen molar-refractivity contribution >= 4 is 19.4 Å². The predicted octanol–water partition coefficient (Wildman–Crippen LogP) is 1.28. The molecule has 0 saturated carbocycles. The molecule has 0 bridgehead atoms. The third-order valence-corrected chi connectivity index (χ3v) is 3.25. The molecule has 0 spiro atoms. The first-order valence-corrected chi connectivity index (χ1v) is 5.72. The van der Waals surface area contributed by atoms with Crippen LogP contribution in [0.1, 0.15) is 11.4 Å². The van der Waals surface area contributed by atoms with Gasteiger partial charge >= 0.3 is 0 Å². The molecular weight excluding hydrogens is 181 g/mol. The summed E-state index contributed by atoms with van der Waals surface area (Å²) < 4.78 is 1.92. The summed E-state index contributed by atoms with van der Waals surface area (Å²) in [5.41, 5.74) is 3.37. The third-order valence-electron chi connectivity index (χ3n) is 2.15. The lowest BCUT2D eigenvalue weighted by Crippen LogP contribution is -1.99. The van der Waals surface area contributed by atoms with Crippen molar-refractivity contribution in [2.24, 2.45) is 0 Å². The van der Waals surface area contributed by atoms with Crippen LogP contribution in [0.15, 0.2) is 12.4 Å². The van der Waals surface area contributed by atoms with Crippen LogP contribution in [0.25, 0.3) is 5.52 Å². The number of nitrogens with zero attached hydrogens (tertiary/aromatic N) is 3. The van der Waals surface area contributed by atoms with Gasteiger partial charge in [-0.1, -0.05) is 8.58 Å². The lowest BCUT2D eigenvalue weighted by Gasteiger charge is -1.98. The van der Waals surface area contributed by atoms with Crippen LogP contribution >= 0.6 is 8.58 Å². The number of aromatic nitrogens is 3. The molecule has 13 heavy (non-hydrogen) atoms. The average molecular weight is 193 g/mol. The van der Waals surface area contributed by atoms with Crippen molar-refractivity contribution in [3.05, 3.63) is 23.8 Å². The summed E-state index contributed by atoms with van der Waals surface area (Å²) in [4.78, 5) is 4.27. The summed E-state index contributed by atoms with van der Waals surface area (Å²) in [5.74, 6) is 0. The van der Waals surface area contributed by atoms with Crippen LogP contribution in [0.2, 0.25) is 0 Å². The quantitative estimate of drug-likeness (QED) is 0.638. The summed E-state index contributed by atoms with van der Waals surface area (Å²) in [6, 6.07) is 0. The Bertz CT molecular complexity index is 447. The van der Waals surface area contributed by atoms with Crippen LogP contribution in [0.4, 0.5) is 0 Å². The largest absolute Gasteiger partial charge is 0.258 e. The van der Waals surface area contributed by atoms with Crippen molar-refractivity contribution in [2.45, 2.75) is 13.8 Å². The van der Waals surface area contributed by atoms with Gasteiger partial charge in [-0.3, -0.25) is 4.98 Å². The molecule has 68 valence electrons. The summed E-state index contributed by atoms with van der Waals surface area (Å²) in [5, 5.41) is 5.77. The third kappa shape index (κ3) is 1.24. The van der Waals surface area contributed by atoms with Gasteiger partial charge in [0, 0.05) is 17.7 Å². The fraction of sp³-hybridized carbons (Fsp3) is 0.333. The van der Waals surface area contributed by atoms with Gasteiger partial charge in [-0.15, -0.1) is 0 Å². The Labute approximate surface area is 79.0 Å². The van der Waals surface area contributed by atoms with Gasteiger partial charge in [0.2, 0.25) is 0 Å². The lowest BCUT2D eigenvalue weighted by molar-refractivity contribution is 0.913. The Morgan fingerprint density at radius 2 is 2.08 bits per heavy atom. The van der Waals surface area contributed by atoms with E-state index in [0.717, 1.165) is 20.0 Å². The first-order valence-electron chi connectivity index (χ1n) is 4.22. The normalized spacial score (nSPS) is 11.9. The topological polar surface area (TPSA) is 30.2 Å². The van der Waals surface area contributed by atoms with Crippen molar-refractivity contribution < 1.29 is 0 Å². The maximum atomic E-state index is 4.43. The van der Waals surface area contributed by atoms with Gasteiger partial charge < -0.3 is 0 Å². The second-order valence-corrected chi connectivity index (χ2v) is 4.02. The Kier molecular flexibility index (Phi) is 2.04. The SMILES string of the molecule is CPc1c(C)nn2ccnc(C)c12. The summed E-state index contributed by atoms with van der Waals surface area (Å²) in [6.45, 7) is 6.26. The Morgan fingerprint density at radius 3 is 2.77 bits per heavy atom. The van der Waals surface area contributed by atoms with E-state index in [9.17, 15) is 0 Å². The highest BCUT2D eigenvalue weighted by Crippen LogP contribution is 2.15. The van der Waals surface area contributed by atoms with E-state index in [2.05, 4.69) is 23.7 Å². The Balaban J connectivity index is 2.88. The van der Waals surface area contributed by atoms with Gasteiger partial charge in [-0.05, 0) is 20.5 Å². The molecule has 2 heterocycles. The number of hydrogen-bond donors (Lipinski definition) is 0. The zero-order valence-electron chi connectivity index (χ0n) is 8.00. The minimum Gasteiger partial charge on any atom is -0.258 e. The van der Waals surface area contributed by atoms with Gasteiger partial charge in [0.15, 0.2) is 0 Å². The van der Waals surface area contributed by atoms with Crippen molar-refractivity contribution in [3.8, 4) is 0 Å². The smallest absolute Gasteiger partial charge is 0.0950 e. The van der Waals surface area contributed by atoms with Crippen LogP contribution in [0.5, 0.6) is 0 Å². The Hall–Kier alpha value is -0.950. The van der Waals surface area contributed by atoms with Gasteiger partial charge in [0.1, 0.15) is 0 Å². The molecule has 4 heteroatoms. The molecule has 0 aliphatic carbocycles. The predicted molar refractivity (Wildman–Crippen MR) is 56.3 cm³/mol. The molecule has 0 aromatic carbocycles. The number of fused-ring (bicyclic) bond motifs is 1. The first-order chi connectivity index (χ1) is 6.24. The minimum absolute atomic E-state index is 0.780. The maximum absolute atomic E-state index is 4.43. The van der Waals surface area contributed by atoms with Gasteiger partial charge in [0.05, 0.1) is 16.9 Å². The zero-order chi connectivity index (χ0) is 9.42. The second-order valence-electron chi connectivity index (χ2n) is 3.02. The van der Waals surface area contributed by atoms with Gasteiger partial charge in [-0.25, -0.2) is 4.52 Å². The zero-order valence-corrected chi connectivity index (χ0v) is 9.00. The number of aryl methyl sites for hydroxylation is 2. The van der Waals surface area contributed by atoms with Gasteiger partial charge in [-0.2, -0.15) is 5.10 Å². The molecule has 0 N–H and O–H groups in total. The summed E-state index contributed by atoms with van der Waals surface area (Å²) >= 11 is 0. The van der Waals surface area contributed by atoms with Crippen molar-refractivity contribution in [1.29, 1.82) is 0 Å². The number of hydrogen-bond acceptors (Lipinski definition) is 2. The van der Waals surface area contributed by atoms with E-state index in [1.54, 1.807) is 6.20 Å². The van der Waals surface area contributed by atoms with Gasteiger partial charge in [0.25, 0.3) is 0 Å². The van der Waals surface area contributed by atoms with E-state index >= 15 is 0 Å². The molecule has 0 aliphatic rings. The average Bonchev–Trinajstić information content (AvgIpc) is 2.42. The molecule has 1 unspecified atom stereocenters. The van der Waals surface area contributed by atoms with E-state index in [1.807, 2.05) is 17.6 Å². The fourth-order valence-electron chi connectivity index (χ4n) is 1.57. The van der Waals surface area contributed by atoms with Crippen molar-refractivity contribution in [1.82, 2.24) is 14.6 Å². The van der Waals surface area contributed by atoms with Crippen LogP contribution < -0.4 is 5.30 Å². The van der Waals surface area contributed by atoms with Crippen molar-refractivity contribution in [3.63, 3.8) is 0 Å². The van der Waals surface area contributed by atoms with Crippen LogP contribution in [0.3, 0.4) is 0 Å². The standard InChI is InChI=1S/C9H12N3P/c1-6-8-9(13-3)7(2)11-12(8)5-4-10-6/h4-5,13H,1-3H3. The molecule has 1 atom stereocenters. The lowest BCUT2D eigenvalue weighted by atomic mass is 10.3. The minimum atomic E-state index is 0.780. The molecule has 3 nitrogen and oxygen atoms in total. The highest BCUT2D eigenvalue weighted by Gasteiger charge is 2.09. The summed E-state index contributed by atoms with van der Waals surface area (Å²) in [6.07, 6.45) is 3.69. The van der Waals surface area contributed by atoms with Crippen molar-refractivity contribution in [2.75, 3.05) is 6.66 Å². The maximum Gasteiger partial charge on any atom is 0.0950 e. The van der Waals surface area contributed by atoms with E-state index in [1.165, 1.54) is 10.8 Å². The molecule has 2 rings (SSSR count). The first kappa shape index (κ1) is 8.64. The van der Waals surface area contributed by atoms with E-state index in [0.29, 0.717) is 0 Å². The highest BCUT2D eigenvalue weighted by molar-refractivity contribution is 7.47. The number of rotatable bonds is 1. The fourth-order valence-corrected chi connectivity index (χ4v) is 2.51. The molecule has 0 amide bonds. The van der Waals surface area contributed by atoms with E-state index in [4.69, 9.17) is 0 Å². The molecule has 0 aliphatic heterocycles. The molecular formula is C9H12N3P. The van der Waals surface area contributed by atoms with E-state index < -0.39 is 0 Å². The van der Waals surface area contributed by atoms with E-state index in [-0.39, 0.29) is 0 Å². The molecule has 0 saturated heterocycles. The van der Waals surface area contributed by atoms with Crippen LogP contribution in [0, 0.1) is 13.8 Å². The van der Waals surface area contributed by atoms with Crippen LogP contribution in [-0.2, 0) is 0 Å². The monoisotopic (exact) mass is 193 g/mol. The van der Waals surface area contributed by atoms with Crippen LogP contribution in [-0.4, -0.2) is 21.3 Å². The molecule has 0 fully saturated rings. The summed E-state index contributed by atoms with van der Waals surface area (Å²) in [7, 11) is 0.780.